The Balaban J connectivity index is 1.61. The van der Waals surface area contributed by atoms with Gasteiger partial charge in [-0.15, -0.1) is 0 Å². The molecule has 0 unspecified atom stereocenters. The van der Waals surface area contributed by atoms with E-state index in [1.807, 2.05) is 30.8 Å². The summed E-state index contributed by atoms with van der Waals surface area (Å²) >= 11 is 0. The van der Waals surface area contributed by atoms with E-state index in [-0.39, 0.29) is 23.5 Å². The molecule has 0 saturated carbocycles. The molecule has 0 spiro atoms. The Morgan fingerprint density at radius 2 is 1.94 bits per heavy atom. The average molecular weight is 440 g/mol. The maximum Gasteiger partial charge on any atom is 0.236 e. The molecule has 1 fully saturated rings. The van der Waals surface area contributed by atoms with E-state index in [2.05, 4.69) is 0 Å². The smallest absolute Gasteiger partial charge is 0.236 e. The van der Waals surface area contributed by atoms with Crippen molar-refractivity contribution in [2.24, 2.45) is 0 Å². The molecular formula is C24H30FN5O2. The Morgan fingerprint density at radius 3 is 2.66 bits per heavy atom. The lowest BCUT2D eigenvalue weighted by Gasteiger charge is -2.34. The summed E-state index contributed by atoms with van der Waals surface area (Å²) in [4.78, 5) is 40.5. The predicted octanol–water partition coefficient (Wildman–Crippen LogP) is 2.67. The number of piperidine rings is 1. The van der Waals surface area contributed by atoms with E-state index < -0.39 is 0 Å². The number of aryl methyl sites for hydroxylation is 1. The van der Waals surface area contributed by atoms with E-state index in [4.69, 9.17) is 9.97 Å². The molecule has 2 aromatic rings. The minimum Gasteiger partial charge on any atom is -0.341 e. The summed E-state index contributed by atoms with van der Waals surface area (Å²) in [5.41, 5.74) is 2.73. The second-order valence-corrected chi connectivity index (χ2v) is 8.99. The highest BCUT2D eigenvalue weighted by Gasteiger charge is 2.32. The van der Waals surface area contributed by atoms with Crippen LogP contribution in [0.1, 0.15) is 47.8 Å². The van der Waals surface area contributed by atoms with Crippen LogP contribution >= 0.6 is 0 Å². The van der Waals surface area contributed by atoms with Gasteiger partial charge in [0.2, 0.25) is 11.8 Å². The molecule has 2 aliphatic rings. The Morgan fingerprint density at radius 1 is 1.19 bits per heavy atom. The number of aromatic nitrogens is 2. The molecule has 4 rings (SSSR count). The van der Waals surface area contributed by atoms with Gasteiger partial charge in [-0.1, -0.05) is 12.1 Å². The molecule has 2 amide bonds. The first-order valence-electron chi connectivity index (χ1n) is 11.2. The first-order valence-corrected chi connectivity index (χ1v) is 11.2. The van der Waals surface area contributed by atoms with Gasteiger partial charge >= 0.3 is 0 Å². The molecule has 2 aliphatic heterocycles. The van der Waals surface area contributed by atoms with Crippen molar-refractivity contribution in [3.05, 3.63) is 52.7 Å². The molecule has 0 aliphatic carbocycles. The number of amides is 2. The van der Waals surface area contributed by atoms with Gasteiger partial charge in [-0.3, -0.25) is 14.5 Å². The molecule has 8 heteroatoms. The van der Waals surface area contributed by atoms with E-state index in [1.165, 1.54) is 12.1 Å². The lowest BCUT2D eigenvalue weighted by molar-refractivity contribution is -0.133. The van der Waals surface area contributed by atoms with Gasteiger partial charge in [0.25, 0.3) is 0 Å². The molecular weight excluding hydrogens is 409 g/mol. The largest absolute Gasteiger partial charge is 0.341 e. The lowest BCUT2D eigenvalue weighted by Crippen LogP contribution is -2.43. The third-order valence-electron chi connectivity index (χ3n) is 6.20. The summed E-state index contributed by atoms with van der Waals surface area (Å²) in [5, 5.41) is 0. The molecule has 1 aromatic carbocycles. The van der Waals surface area contributed by atoms with E-state index in [9.17, 15) is 14.0 Å². The van der Waals surface area contributed by atoms with Gasteiger partial charge in [0.05, 0.1) is 13.1 Å². The maximum atomic E-state index is 13.3. The third-order valence-corrected chi connectivity index (χ3v) is 6.20. The van der Waals surface area contributed by atoms with Crippen LogP contribution in [0.25, 0.3) is 0 Å². The van der Waals surface area contributed by atoms with Crippen molar-refractivity contribution in [2.75, 3.05) is 38.6 Å². The predicted molar refractivity (Wildman–Crippen MR) is 120 cm³/mol. The zero-order valence-electron chi connectivity index (χ0n) is 19.0. The minimum atomic E-state index is -0.301. The van der Waals surface area contributed by atoms with Crippen molar-refractivity contribution in [1.29, 1.82) is 0 Å². The molecule has 0 N–H and O–H groups in total. The number of anilines is 1. The minimum absolute atomic E-state index is 0.0114. The van der Waals surface area contributed by atoms with E-state index in [0.717, 1.165) is 36.2 Å². The summed E-state index contributed by atoms with van der Waals surface area (Å²) in [7, 11) is 3.78. The van der Waals surface area contributed by atoms with Crippen LogP contribution < -0.4 is 4.90 Å². The number of halogens is 1. The first kappa shape index (κ1) is 22.3. The zero-order chi connectivity index (χ0) is 22.8. The molecule has 3 heterocycles. The van der Waals surface area contributed by atoms with E-state index in [1.54, 1.807) is 17.0 Å². The number of likely N-dealkylation sites (tertiary alicyclic amines) is 1. The van der Waals surface area contributed by atoms with Crippen LogP contribution in [0, 0.1) is 12.7 Å². The maximum absolute atomic E-state index is 13.3. The second kappa shape index (κ2) is 9.32. The number of benzene rings is 1. The first-order chi connectivity index (χ1) is 15.3. The van der Waals surface area contributed by atoms with Gasteiger partial charge in [0, 0.05) is 36.7 Å². The summed E-state index contributed by atoms with van der Waals surface area (Å²) in [5.74, 6) is 1.22. The molecule has 1 saturated heterocycles. The topological polar surface area (TPSA) is 69.6 Å². The van der Waals surface area contributed by atoms with Crippen LogP contribution in [0.4, 0.5) is 10.2 Å². The second-order valence-electron chi connectivity index (χ2n) is 8.99. The molecule has 1 aromatic heterocycles. The Labute approximate surface area is 188 Å². The molecule has 170 valence electrons. The fraction of sp³-hybridized carbons (Fsp3) is 0.500. The molecule has 0 radical (unpaired) electrons. The van der Waals surface area contributed by atoms with Crippen molar-refractivity contribution in [3.8, 4) is 0 Å². The fourth-order valence-electron chi connectivity index (χ4n) is 4.51. The van der Waals surface area contributed by atoms with E-state index in [0.29, 0.717) is 44.1 Å². The number of nitrogens with zero attached hydrogens (tertiary/aromatic N) is 5. The SMILES string of the molecule is Cc1nc([C@H]2CCCN(C(=O)CN(C)C)C2)nc2c1CCC(=O)N2Cc1ccc(F)cc1. The number of carbonyl (C=O) groups is 2. The quantitative estimate of drug-likeness (QED) is 0.717. The summed E-state index contributed by atoms with van der Waals surface area (Å²) < 4.78 is 13.3. The Kier molecular flexibility index (Phi) is 6.50. The van der Waals surface area contributed by atoms with Crippen molar-refractivity contribution in [2.45, 2.75) is 45.1 Å². The van der Waals surface area contributed by atoms with Crippen LogP contribution in [0.15, 0.2) is 24.3 Å². The number of fused-ring (bicyclic) bond motifs is 1. The Bertz CT molecular complexity index is 1010. The van der Waals surface area contributed by atoms with Crippen LogP contribution in [-0.4, -0.2) is 65.3 Å². The van der Waals surface area contributed by atoms with Gasteiger partial charge < -0.3 is 9.80 Å². The van der Waals surface area contributed by atoms with Gasteiger partial charge in [0.15, 0.2) is 0 Å². The Hall–Kier alpha value is -2.87. The van der Waals surface area contributed by atoms with Crippen molar-refractivity contribution in [1.82, 2.24) is 19.8 Å². The molecule has 0 bridgehead atoms. The number of likely N-dealkylation sites (N-methyl/N-ethyl adjacent to an activating group) is 1. The van der Waals surface area contributed by atoms with Crippen molar-refractivity contribution >= 4 is 17.6 Å². The van der Waals surface area contributed by atoms with Gasteiger partial charge in [-0.2, -0.15) is 0 Å². The number of hydrogen-bond acceptors (Lipinski definition) is 5. The standard InChI is InChI=1S/C24H30FN5O2/c1-16-20-10-11-21(31)30(13-17-6-8-19(25)9-7-17)24(20)27-23(26-16)18-5-4-12-29(14-18)22(32)15-28(2)3/h6-9,18H,4-5,10-15H2,1-3H3/t18-/m0/s1. The van der Waals surface area contributed by atoms with Crippen LogP contribution in [0.2, 0.25) is 0 Å². The highest BCUT2D eigenvalue weighted by atomic mass is 19.1. The summed E-state index contributed by atoms with van der Waals surface area (Å²) in [6.45, 7) is 4.05. The normalized spacial score (nSPS) is 18.8. The third kappa shape index (κ3) is 4.80. The lowest BCUT2D eigenvalue weighted by atomic mass is 9.95. The molecule has 1 atom stereocenters. The van der Waals surface area contributed by atoms with Crippen molar-refractivity contribution in [3.63, 3.8) is 0 Å². The van der Waals surface area contributed by atoms with Crippen LogP contribution in [-0.2, 0) is 22.6 Å². The average Bonchev–Trinajstić information content (AvgIpc) is 2.76. The van der Waals surface area contributed by atoms with Crippen molar-refractivity contribution < 1.29 is 14.0 Å². The van der Waals surface area contributed by atoms with Crippen LogP contribution in [0.3, 0.4) is 0 Å². The monoisotopic (exact) mass is 439 g/mol. The van der Waals surface area contributed by atoms with Gasteiger partial charge in [0.1, 0.15) is 17.5 Å². The fourth-order valence-corrected chi connectivity index (χ4v) is 4.51. The molecule has 7 nitrogen and oxygen atoms in total. The number of rotatable bonds is 5. The highest BCUT2D eigenvalue weighted by molar-refractivity contribution is 5.95. The number of carbonyl (C=O) groups excluding carboxylic acids is 2. The van der Waals surface area contributed by atoms with Gasteiger partial charge in [-0.05, 0) is 58.0 Å². The van der Waals surface area contributed by atoms with Gasteiger partial charge in [-0.25, -0.2) is 14.4 Å². The molecule has 32 heavy (non-hydrogen) atoms. The zero-order valence-corrected chi connectivity index (χ0v) is 19.0. The van der Waals surface area contributed by atoms with E-state index >= 15 is 0 Å². The highest BCUT2D eigenvalue weighted by Crippen LogP contribution is 2.33. The summed E-state index contributed by atoms with van der Waals surface area (Å²) in [6, 6.07) is 6.20. The van der Waals surface area contributed by atoms with Crippen LogP contribution in [0.5, 0.6) is 0 Å². The number of hydrogen-bond donors (Lipinski definition) is 0. The summed E-state index contributed by atoms with van der Waals surface area (Å²) in [6.07, 6.45) is 2.85.